The Balaban J connectivity index is 1.37. The highest BCUT2D eigenvalue weighted by Crippen LogP contribution is 2.21. The summed E-state index contributed by atoms with van der Waals surface area (Å²) in [4.78, 5) is 13.9. The van der Waals surface area contributed by atoms with Crippen molar-refractivity contribution in [2.24, 2.45) is 0 Å². The first-order chi connectivity index (χ1) is 13.5. The van der Waals surface area contributed by atoms with Crippen molar-refractivity contribution >= 4 is 11.8 Å². The molecule has 1 saturated heterocycles. The van der Waals surface area contributed by atoms with Crippen LogP contribution < -0.4 is 10.1 Å². The number of rotatable bonds is 4. The number of aromatic nitrogens is 2. The van der Waals surface area contributed by atoms with Crippen molar-refractivity contribution < 1.29 is 18.3 Å². The molecule has 2 aromatic carbocycles. The summed E-state index contributed by atoms with van der Waals surface area (Å²) in [5.41, 5.74) is 0.717. The minimum atomic E-state index is -0.729. The SMILES string of the molecule is Cc1cc(NC(=O)N2CC(Oc3ccccc3)C2)nn1-c1ccc(F)cc1F. The quantitative estimate of drug-likeness (QED) is 0.745. The van der Waals surface area contributed by atoms with E-state index in [1.165, 1.54) is 10.7 Å². The van der Waals surface area contributed by atoms with E-state index in [1.807, 2.05) is 30.3 Å². The zero-order valence-electron chi connectivity index (χ0n) is 15.1. The van der Waals surface area contributed by atoms with Crippen molar-refractivity contribution in [2.45, 2.75) is 13.0 Å². The van der Waals surface area contributed by atoms with Gasteiger partial charge >= 0.3 is 6.03 Å². The Kier molecular flexibility index (Phi) is 4.68. The largest absolute Gasteiger partial charge is 0.487 e. The van der Waals surface area contributed by atoms with Gasteiger partial charge in [0.1, 0.15) is 23.4 Å². The van der Waals surface area contributed by atoms with E-state index < -0.39 is 11.6 Å². The summed E-state index contributed by atoms with van der Waals surface area (Å²) in [7, 11) is 0. The van der Waals surface area contributed by atoms with Gasteiger partial charge in [0.05, 0.1) is 13.1 Å². The number of benzene rings is 2. The average Bonchev–Trinajstić information content (AvgIpc) is 2.98. The second kappa shape index (κ2) is 7.30. The van der Waals surface area contributed by atoms with Crippen molar-refractivity contribution in [3.8, 4) is 11.4 Å². The molecule has 0 bridgehead atoms. The van der Waals surface area contributed by atoms with E-state index in [2.05, 4.69) is 10.4 Å². The van der Waals surface area contributed by atoms with E-state index in [-0.39, 0.29) is 17.8 Å². The summed E-state index contributed by atoms with van der Waals surface area (Å²) >= 11 is 0. The standard InChI is InChI=1S/C20H18F2N4O2/c1-13-9-19(24-26(13)18-8-7-14(21)10-17(18)22)23-20(27)25-11-16(12-25)28-15-5-3-2-4-6-15/h2-10,16H,11-12H2,1H3,(H,23,24,27). The van der Waals surface area contributed by atoms with Gasteiger partial charge in [-0.3, -0.25) is 5.32 Å². The van der Waals surface area contributed by atoms with E-state index in [9.17, 15) is 13.6 Å². The van der Waals surface area contributed by atoms with E-state index in [0.717, 1.165) is 17.9 Å². The van der Waals surface area contributed by atoms with E-state index in [0.29, 0.717) is 24.6 Å². The topological polar surface area (TPSA) is 59.4 Å². The Hall–Kier alpha value is -3.42. The van der Waals surface area contributed by atoms with Crippen LogP contribution in [0, 0.1) is 18.6 Å². The molecule has 1 N–H and O–H groups in total. The van der Waals surface area contributed by atoms with Gasteiger partial charge in [0.25, 0.3) is 0 Å². The molecule has 1 aliphatic rings. The lowest BCUT2D eigenvalue weighted by Crippen LogP contribution is -2.57. The maximum absolute atomic E-state index is 14.0. The lowest BCUT2D eigenvalue weighted by Gasteiger charge is -2.38. The van der Waals surface area contributed by atoms with Crippen LogP contribution in [0.4, 0.5) is 19.4 Å². The minimum Gasteiger partial charge on any atom is -0.487 e. The van der Waals surface area contributed by atoms with Crippen LogP contribution in [0.2, 0.25) is 0 Å². The third-order valence-electron chi connectivity index (χ3n) is 4.44. The van der Waals surface area contributed by atoms with Gasteiger partial charge in [0.15, 0.2) is 11.6 Å². The Morgan fingerprint density at radius 3 is 2.61 bits per heavy atom. The van der Waals surface area contributed by atoms with Crippen molar-refractivity contribution in [1.29, 1.82) is 0 Å². The van der Waals surface area contributed by atoms with Gasteiger partial charge in [0.2, 0.25) is 0 Å². The molecule has 1 aliphatic heterocycles. The van der Waals surface area contributed by atoms with E-state index in [1.54, 1.807) is 17.9 Å². The number of halogens is 2. The van der Waals surface area contributed by atoms with Crippen molar-refractivity contribution in [1.82, 2.24) is 14.7 Å². The molecule has 0 unspecified atom stereocenters. The lowest BCUT2D eigenvalue weighted by molar-refractivity contribution is 0.0493. The molecule has 0 radical (unpaired) electrons. The summed E-state index contributed by atoms with van der Waals surface area (Å²) in [5.74, 6) is -0.334. The highest BCUT2D eigenvalue weighted by molar-refractivity contribution is 5.89. The van der Waals surface area contributed by atoms with Crippen LogP contribution in [0.1, 0.15) is 5.69 Å². The number of ether oxygens (including phenoxy) is 1. The predicted molar refractivity (Wildman–Crippen MR) is 99.7 cm³/mol. The first kappa shape index (κ1) is 18.0. The molecule has 8 heteroatoms. The molecular formula is C20H18F2N4O2. The smallest absolute Gasteiger partial charge is 0.323 e. The summed E-state index contributed by atoms with van der Waals surface area (Å²) in [6, 6.07) is 14.0. The molecule has 2 amide bonds. The Morgan fingerprint density at radius 2 is 1.89 bits per heavy atom. The molecular weight excluding hydrogens is 366 g/mol. The van der Waals surface area contributed by atoms with Crippen LogP contribution in [0.3, 0.4) is 0 Å². The highest BCUT2D eigenvalue weighted by Gasteiger charge is 2.32. The van der Waals surface area contributed by atoms with Gasteiger partial charge in [-0.2, -0.15) is 0 Å². The molecule has 2 heterocycles. The Morgan fingerprint density at radius 1 is 1.14 bits per heavy atom. The van der Waals surface area contributed by atoms with Gasteiger partial charge in [-0.1, -0.05) is 18.2 Å². The number of para-hydroxylation sites is 1. The third-order valence-corrected chi connectivity index (χ3v) is 4.44. The van der Waals surface area contributed by atoms with Crippen LogP contribution in [0.25, 0.3) is 5.69 Å². The predicted octanol–water partition coefficient (Wildman–Crippen LogP) is 3.75. The fourth-order valence-corrected chi connectivity index (χ4v) is 2.99. The number of nitrogens with one attached hydrogen (secondary N) is 1. The molecule has 4 rings (SSSR count). The van der Waals surface area contributed by atoms with Crippen molar-refractivity contribution in [2.75, 3.05) is 18.4 Å². The summed E-state index contributed by atoms with van der Waals surface area (Å²) in [5, 5.41) is 6.90. The van der Waals surface area contributed by atoms with E-state index in [4.69, 9.17) is 4.74 Å². The maximum atomic E-state index is 14.0. The molecule has 1 aromatic heterocycles. The normalized spacial score (nSPS) is 13.9. The number of urea groups is 1. The number of nitrogens with zero attached hydrogens (tertiary/aromatic N) is 3. The Labute approximate surface area is 160 Å². The Bertz CT molecular complexity index is 1000. The molecule has 3 aromatic rings. The zero-order valence-corrected chi connectivity index (χ0v) is 15.1. The number of aryl methyl sites for hydroxylation is 1. The average molecular weight is 384 g/mol. The second-order valence-corrected chi connectivity index (χ2v) is 6.57. The third kappa shape index (κ3) is 3.66. The number of hydrogen-bond acceptors (Lipinski definition) is 3. The molecule has 6 nitrogen and oxygen atoms in total. The van der Waals surface area contributed by atoms with Gasteiger partial charge in [-0.25, -0.2) is 18.3 Å². The summed E-state index contributed by atoms with van der Waals surface area (Å²) in [6.45, 7) is 2.65. The maximum Gasteiger partial charge on any atom is 0.323 e. The van der Waals surface area contributed by atoms with Gasteiger partial charge in [0, 0.05) is 17.8 Å². The number of carbonyl (C=O) groups is 1. The zero-order chi connectivity index (χ0) is 19.7. The summed E-state index contributed by atoms with van der Waals surface area (Å²) < 4.78 is 34.2. The fourth-order valence-electron chi connectivity index (χ4n) is 2.99. The van der Waals surface area contributed by atoms with Crippen LogP contribution in [-0.4, -0.2) is 39.9 Å². The number of carbonyl (C=O) groups excluding carboxylic acids is 1. The first-order valence-electron chi connectivity index (χ1n) is 8.79. The first-order valence-corrected chi connectivity index (χ1v) is 8.79. The van der Waals surface area contributed by atoms with Crippen LogP contribution >= 0.6 is 0 Å². The van der Waals surface area contributed by atoms with Gasteiger partial charge < -0.3 is 9.64 Å². The minimum absolute atomic E-state index is 0.0549. The molecule has 0 atom stereocenters. The molecule has 144 valence electrons. The molecule has 0 spiro atoms. The number of hydrogen-bond donors (Lipinski definition) is 1. The number of likely N-dealkylation sites (tertiary alicyclic amines) is 1. The summed E-state index contributed by atoms with van der Waals surface area (Å²) in [6.07, 6.45) is -0.0549. The van der Waals surface area contributed by atoms with Crippen LogP contribution in [0.15, 0.2) is 54.6 Å². The number of amides is 2. The number of anilines is 1. The van der Waals surface area contributed by atoms with Crippen LogP contribution in [0.5, 0.6) is 5.75 Å². The van der Waals surface area contributed by atoms with Gasteiger partial charge in [-0.15, -0.1) is 5.10 Å². The molecule has 0 saturated carbocycles. The van der Waals surface area contributed by atoms with E-state index >= 15 is 0 Å². The molecule has 0 aliphatic carbocycles. The molecule has 28 heavy (non-hydrogen) atoms. The monoisotopic (exact) mass is 384 g/mol. The lowest BCUT2D eigenvalue weighted by atomic mass is 10.2. The van der Waals surface area contributed by atoms with Crippen LogP contribution in [-0.2, 0) is 0 Å². The van der Waals surface area contributed by atoms with Gasteiger partial charge in [-0.05, 0) is 31.2 Å². The molecule has 1 fully saturated rings. The fraction of sp³-hybridized carbons (Fsp3) is 0.200. The second-order valence-electron chi connectivity index (χ2n) is 6.57. The van der Waals surface area contributed by atoms with Crippen molar-refractivity contribution in [3.05, 3.63) is 71.9 Å². The highest BCUT2D eigenvalue weighted by atomic mass is 19.1. The van der Waals surface area contributed by atoms with Crippen molar-refractivity contribution in [3.63, 3.8) is 0 Å².